The van der Waals surface area contributed by atoms with Crippen molar-refractivity contribution < 1.29 is 28.2 Å². The molecule has 0 spiro atoms. The number of nitrogens with zero attached hydrogens (tertiary/aromatic N) is 1. The number of benzene rings is 3. The number of ether oxygens (including phenoxy) is 4. The molecule has 0 saturated heterocycles. The third kappa shape index (κ3) is 4.77. The van der Waals surface area contributed by atoms with Crippen LogP contribution in [0.4, 0.5) is 0 Å². The molecule has 0 bridgehead atoms. The molecule has 0 aliphatic carbocycles. The summed E-state index contributed by atoms with van der Waals surface area (Å²) in [7, 11) is 4.78. The summed E-state index contributed by atoms with van der Waals surface area (Å²) in [5, 5.41) is 0.841. The molecule has 1 amide bonds. The van der Waals surface area contributed by atoms with Crippen LogP contribution in [0.2, 0.25) is 0 Å². The van der Waals surface area contributed by atoms with Crippen molar-refractivity contribution in [3.8, 4) is 23.0 Å². The summed E-state index contributed by atoms with van der Waals surface area (Å²) in [6.45, 7) is 2.56. The summed E-state index contributed by atoms with van der Waals surface area (Å²) < 4.78 is 27.9. The first-order chi connectivity index (χ1) is 18.4. The lowest BCUT2D eigenvalue weighted by atomic mass is 9.91. The molecule has 1 atom stereocenters. The normalized spacial score (nSPS) is 14.6. The Balaban J connectivity index is 1.50. The molecule has 0 radical (unpaired) electrons. The van der Waals surface area contributed by atoms with Crippen molar-refractivity contribution in [2.24, 2.45) is 0 Å². The van der Waals surface area contributed by atoms with Gasteiger partial charge in [-0.1, -0.05) is 0 Å². The maximum Gasteiger partial charge on any atom is 0.336 e. The molecule has 1 aliphatic heterocycles. The van der Waals surface area contributed by atoms with E-state index in [4.69, 9.17) is 23.4 Å². The van der Waals surface area contributed by atoms with Crippen molar-refractivity contribution in [1.29, 1.82) is 0 Å². The van der Waals surface area contributed by atoms with Crippen LogP contribution in [0.25, 0.3) is 11.0 Å². The fraction of sp³-hybridized carbons (Fsp3) is 0.267. The first kappa shape index (κ1) is 25.2. The Morgan fingerprint density at radius 2 is 1.63 bits per heavy atom. The van der Waals surface area contributed by atoms with Gasteiger partial charge in [0.25, 0.3) is 5.91 Å². The van der Waals surface area contributed by atoms with Gasteiger partial charge >= 0.3 is 5.63 Å². The molecule has 38 heavy (non-hydrogen) atoms. The molecule has 0 saturated carbocycles. The van der Waals surface area contributed by atoms with E-state index in [1.165, 1.54) is 6.07 Å². The van der Waals surface area contributed by atoms with E-state index in [2.05, 4.69) is 0 Å². The van der Waals surface area contributed by atoms with Crippen LogP contribution < -0.4 is 24.6 Å². The van der Waals surface area contributed by atoms with Gasteiger partial charge in [-0.15, -0.1) is 0 Å². The topological polar surface area (TPSA) is 87.4 Å². The first-order valence-electron chi connectivity index (χ1n) is 12.3. The van der Waals surface area contributed by atoms with Crippen molar-refractivity contribution >= 4 is 16.9 Å². The smallest absolute Gasteiger partial charge is 0.336 e. The highest BCUT2D eigenvalue weighted by Crippen LogP contribution is 2.39. The quantitative estimate of drug-likeness (QED) is 0.322. The molecule has 8 nitrogen and oxygen atoms in total. The van der Waals surface area contributed by atoms with E-state index in [9.17, 15) is 9.59 Å². The van der Waals surface area contributed by atoms with Crippen LogP contribution in [-0.4, -0.2) is 45.3 Å². The van der Waals surface area contributed by atoms with Crippen LogP contribution in [0.1, 0.15) is 33.1 Å². The van der Waals surface area contributed by atoms with Gasteiger partial charge in [-0.3, -0.25) is 4.79 Å². The van der Waals surface area contributed by atoms with Gasteiger partial charge in [-0.2, -0.15) is 0 Å². The molecule has 2 heterocycles. The van der Waals surface area contributed by atoms with Crippen LogP contribution in [0.15, 0.2) is 69.9 Å². The number of carbonyl (C=O) groups excluding carboxylic acids is 1. The van der Waals surface area contributed by atoms with E-state index >= 15 is 0 Å². The van der Waals surface area contributed by atoms with E-state index in [0.29, 0.717) is 47.1 Å². The van der Waals surface area contributed by atoms with Gasteiger partial charge < -0.3 is 28.3 Å². The highest BCUT2D eigenvalue weighted by atomic mass is 16.5. The number of hydrogen-bond donors (Lipinski definition) is 0. The highest BCUT2D eigenvalue weighted by molar-refractivity contribution is 5.95. The summed E-state index contributed by atoms with van der Waals surface area (Å²) in [6.07, 6.45) is 0.661. The van der Waals surface area contributed by atoms with Crippen LogP contribution >= 0.6 is 0 Å². The Hall–Kier alpha value is -4.46. The minimum absolute atomic E-state index is 0.109. The fourth-order valence-corrected chi connectivity index (χ4v) is 4.92. The number of carbonyl (C=O) groups is 1. The zero-order valence-electron chi connectivity index (χ0n) is 21.8. The second-order valence-electron chi connectivity index (χ2n) is 9.12. The molecule has 1 aromatic heterocycles. The Labute approximate surface area is 220 Å². The van der Waals surface area contributed by atoms with Crippen molar-refractivity contribution in [3.05, 3.63) is 93.3 Å². The summed E-state index contributed by atoms with van der Waals surface area (Å²) >= 11 is 0. The molecule has 0 fully saturated rings. The molecule has 196 valence electrons. The molecule has 8 heteroatoms. The predicted molar refractivity (Wildman–Crippen MR) is 143 cm³/mol. The third-order valence-electron chi connectivity index (χ3n) is 6.93. The molecular weight excluding hydrogens is 486 g/mol. The molecule has 4 aromatic rings. The van der Waals surface area contributed by atoms with Crippen molar-refractivity contribution in [2.75, 3.05) is 34.5 Å². The number of hydrogen-bond acceptors (Lipinski definition) is 7. The van der Waals surface area contributed by atoms with Crippen LogP contribution in [-0.2, 0) is 6.42 Å². The SMILES string of the molecule is COc1ccc(C(=O)N2CCc3cc(OC)c(OC)cc3C2COc2ccc3c(C)cc(=O)oc3c2)cc1. The van der Waals surface area contributed by atoms with Crippen LogP contribution in [0, 0.1) is 6.92 Å². The Morgan fingerprint density at radius 3 is 2.34 bits per heavy atom. The molecular formula is C30H29NO7. The van der Waals surface area contributed by atoms with Crippen LogP contribution in [0.3, 0.4) is 0 Å². The summed E-state index contributed by atoms with van der Waals surface area (Å²) in [4.78, 5) is 27.4. The monoisotopic (exact) mass is 515 g/mol. The van der Waals surface area contributed by atoms with E-state index in [1.54, 1.807) is 51.7 Å². The molecule has 1 aliphatic rings. The fourth-order valence-electron chi connectivity index (χ4n) is 4.92. The zero-order valence-corrected chi connectivity index (χ0v) is 21.8. The number of fused-ring (bicyclic) bond motifs is 2. The average molecular weight is 516 g/mol. The highest BCUT2D eigenvalue weighted by Gasteiger charge is 2.33. The van der Waals surface area contributed by atoms with E-state index in [-0.39, 0.29) is 12.5 Å². The van der Waals surface area contributed by atoms with Crippen molar-refractivity contribution in [1.82, 2.24) is 4.90 Å². The second kappa shape index (κ2) is 10.5. The molecule has 1 unspecified atom stereocenters. The van der Waals surface area contributed by atoms with Crippen LogP contribution in [0.5, 0.6) is 23.0 Å². The Bertz CT molecular complexity index is 1540. The lowest BCUT2D eigenvalue weighted by molar-refractivity contribution is 0.0589. The van der Waals surface area contributed by atoms with E-state index in [0.717, 1.165) is 22.1 Å². The van der Waals surface area contributed by atoms with Gasteiger partial charge in [0.2, 0.25) is 0 Å². The number of rotatable bonds is 7. The first-order valence-corrected chi connectivity index (χ1v) is 12.3. The van der Waals surface area contributed by atoms with Gasteiger partial charge in [0, 0.05) is 29.6 Å². The van der Waals surface area contributed by atoms with E-state index < -0.39 is 11.7 Å². The Morgan fingerprint density at radius 1 is 0.921 bits per heavy atom. The lowest BCUT2D eigenvalue weighted by Gasteiger charge is -2.37. The lowest BCUT2D eigenvalue weighted by Crippen LogP contribution is -2.42. The van der Waals surface area contributed by atoms with E-state index in [1.807, 2.05) is 36.1 Å². The van der Waals surface area contributed by atoms with Gasteiger partial charge in [0.15, 0.2) is 11.5 Å². The minimum Gasteiger partial charge on any atom is -0.497 e. The maximum absolute atomic E-state index is 13.7. The second-order valence-corrected chi connectivity index (χ2v) is 9.12. The number of aryl methyl sites for hydroxylation is 1. The standard InChI is InChI=1S/C30H29NO7/c1-18-13-29(32)38-26-15-22(9-10-23(18)26)37-17-25-24-16-28(36-4)27(35-3)14-20(24)11-12-31(25)30(33)19-5-7-21(34-2)8-6-19/h5-10,13-16,25H,11-12,17H2,1-4H3. The van der Waals surface area contributed by atoms with Gasteiger partial charge in [-0.05, 0) is 78.6 Å². The van der Waals surface area contributed by atoms with Gasteiger partial charge in [0.05, 0.1) is 27.4 Å². The van der Waals surface area contributed by atoms with Gasteiger partial charge in [-0.25, -0.2) is 4.79 Å². The summed E-state index contributed by atoms with van der Waals surface area (Å²) in [5.41, 5.74) is 3.43. The average Bonchev–Trinajstić information content (AvgIpc) is 2.94. The number of methoxy groups -OCH3 is 3. The minimum atomic E-state index is -0.411. The zero-order chi connectivity index (χ0) is 26.8. The van der Waals surface area contributed by atoms with Crippen molar-refractivity contribution in [2.45, 2.75) is 19.4 Å². The summed E-state index contributed by atoms with van der Waals surface area (Å²) in [5.74, 6) is 2.33. The molecule has 3 aromatic carbocycles. The van der Waals surface area contributed by atoms with Gasteiger partial charge in [0.1, 0.15) is 23.7 Å². The maximum atomic E-state index is 13.7. The third-order valence-corrected chi connectivity index (χ3v) is 6.93. The van der Waals surface area contributed by atoms with Crippen molar-refractivity contribution in [3.63, 3.8) is 0 Å². The molecule has 0 N–H and O–H groups in total. The number of amides is 1. The summed E-state index contributed by atoms with van der Waals surface area (Å²) in [6, 6.07) is 17.4. The predicted octanol–water partition coefficient (Wildman–Crippen LogP) is 4.95. The molecule has 5 rings (SSSR count). The Kier molecular flexibility index (Phi) is 6.96. The largest absolute Gasteiger partial charge is 0.497 e.